The maximum absolute atomic E-state index is 5.59. The van der Waals surface area contributed by atoms with E-state index in [2.05, 4.69) is 19.9 Å². The molecular weight excluding hydrogens is 290 g/mol. The molecule has 0 spiro atoms. The molecule has 0 aliphatic carbocycles. The van der Waals surface area contributed by atoms with Crippen LogP contribution < -0.4 is 5.32 Å². The molecule has 1 aromatic carbocycles. The van der Waals surface area contributed by atoms with E-state index in [0.717, 1.165) is 41.3 Å². The molecule has 0 radical (unpaired) electrons. The number of para-hydroxylation sites is 2. The SMILES string of the molecule is CO[C@H]1CNC[C@@H]1n1ccnc1-c1nc2ccccc2nc1C. The third kappa shape index (κ3) is 2.40. The first-order chi connectivity index (χ1) is 11.3. The van der Waals surface area contributed by atoms with E-state index in [9.17, 15) is 0 Å². The average Bonchev–Trinajstić information content (AvgIpc) is 3.22. The van der Waals surface area contributed by atoms with Crippen molar-refractivity contribution in [1.82, 2.24) is 24.8 Å². The smallest absolute Gasteiger partial charge is 0.160 e. The van der Waals surface area contributed by atoms with Gasteiger partial charge in [-0.25, -0.2) is 15.0 Å². The van der Waals surface area contributed by atoms with E-state index in [-0.39, 0.29) is 12.1 Å². The standard InChI is InChI=1S/C17H19N5O/c1-11-16(21-13-6-4-3-5-12(13)20-11)17-19-7-8-22(17)14-9-18-10-15(14)23-2/h3-8,14-15,18H,9-10H2,1-2H3/t14-,15-/m0/s1. The Morgan fingerprint density at radius 3 is 2.74 bits per heavy atom. The van der Waals surface area contributed by atoms with Crippen LogP contribution >= 0.6 is 0 Å². The fourth-order valence-electron chi connectivity index (χ4n) is 3.22. The Hall–Kier alpha value is -2.31. The number of aryl methyl sites for hydroxylation is 1. The number of imidazole rings is 1. The van der Waals surface area contributed by atoms with E-state index in [1.165, 1.54) is 0 Å². The monoisotopic (exact) mass is 309 g/mol. The van der Waals surface area contributed by atoms with Crippen LogP contribution in [0.15, 0.2) is 36.7 Å². The van der Waals surface area contributed by atoms with Crippen LogP contribution in [0.25, 0.3) is 22.6 Å². The van der Waals surface area contributed by atoms with Crippen molar-refractivity contribution in [3.63, 3.8) is 0 Å². The third-order valence-electron chi connectivity index (χ3n) is 4.41. The molecule has 2 aromatic heterocycles. The highest BCUT2D eigenvalue weighted by Gasteiger charge is 2.30. The van der Waals surface area contributed by atoms with Crippen LogP contribution in [0.2, 0.25) is 0 Å². The van der Waals surface area contributed by atoms with Crippen molar-refractivity contribution in [2.45, 2.75) is 19.1 Å². The van der Waals surface area contributed by atoms with Gasteiger partial charge in [0.15, 0.2) is 5.82 Å². The zero-order valence-electron chi connectivity index (χ0n) is 13.2. The number of methoxy groups -OCH3 is 1. The van der Waals surface area contributed by atoms with Gasteiger partial charge in [-0.2, -0.15) is 0 Å². The summed E-state index contributed by atoms with van der Waals surface area (Å²) in [6.07, 6.45) is 3.95. The minimum absolute atomic E-state index is 0.136. The van der Waals surface area contributed by atoms with Crippen molar-refractivity contribution in [1.29, 1.82) is 0 Å². The Kier molecular flexibility index (Phi) is 3.55. The van der Waals surface area contributed by atoms with Gasteiger partial charge in [0.25, 0.3) is 0 Å². The number of aromatic nitrogens is 4. The predicted octanol–water partition coefficient (Wildman–Crippen LogP) is 1.96. The molecule has 6 nitrogen and oxygen atoms in total. The summed E-state index contributed by atoms with van der Waals surface area (Å²) in [5.41, 5.74) is 3.51. The van der Waals surface area contributed by atoms with E-state index in [0.29, 0.717) is 0 Å². The summed E-state index contributed by atoms with van der Waals surface area (Å²) >= 11 is 0. The average molecular weight is 309 g/mol. The highest BCUT2D eigenvalue weighted by Crippen LogP contribution is 2.27. The summed E-state index contributed by atoms with van der Waals surface area (Å²) in [5, 5.41) is 3.37. The number of fused-ring (bicyclic) bond motifs is 1. The van der Waals surface area contributed by atoms with Crippen LogP contribution in [0.3, 0.4) is 0 Å². The van der Waals surface area contributed by atoms with Crippen LogP contribution in [-0.4, -0.2) is 45.8 Å². The van der Waals surface area contributed by atoms with Crippen molar-refractivity contribution in [3.05, 3.63) is 42.4 Å². The first-order valence-electron chi connectivity index (χ1n) is 7.78. The number of benzene rings is 1. The van der Waals surface area contributed by atoms with E-state index in [1.54, 1.807) is 7.11 Å². The molecule has 1 fully saturated rings. The van der Waals surface area contributed by atoms with Crippen LogP contribution in [0.1, 0.15) is 11.7 Å². The molecule has 1 saturated heterocycles. The summed E-state index contributed by atoms with van der Waals surface area (Å²) in [7, 11) is 1.75. The lowest BCUT2D eigenvalue weighted by Crippen LogP contribution is -2.24. The van der Waals surface area contributed by atoms with E-state index in [1.807, 2.05) is 43.6 Å². The second kappa shape index (κ2) is 5.72. The Bertz CT molecular complexity index is 844. The van der Waals surface area contributed by atoms with Gasteiger partial charge in [-0.1, -0.05) is 12.1 Å². The number of ether oxygens (including phenoxy) is 1. The number of hydrogen-bond donors (Lipinski definition) is 1. The molecule has 0 bridgehead atoms. The molecule has 1 N–H and O–H groups in total. The number of hydrogen-bond acceptors (Lipinski definition) is 5. The topological polar surface area (TPSA) is 64.9 Å². The van der Waals surface area contributed by atoms with Gasteiger partial charge in [0.05, 0.1) is 28.9 Å². The van der Waals surface area contributed by atoms with Crippen molar-refractivity contribution in [3.8, 4) is 11.5 Å². The van der Waals surface area contributed by atoms with E-state index < -0.39 is 0 Å². The van der Waals surface area contributed by atoms with Crippen LogP contribution in [0.5, 0.6) is 0 Å². The fraction of sp³-hybridized carbons (Fsp3) is 0.353. The number of rotatable bonds is 3. The highest BCUT2D eigenvalue weighted by molar-refractivity contribution is 5.77. The molecule has 0 amide bonds. The minimum atomic E-state index is 0.136. The van der Waals surface area contributed by atoms with Gasteiger partial charge in [0.1, 0.15) is 5.69 Å². The molecule has 4 rings (SSSR count). The van der Waals surface area contributed by atoms with E-state index in [4.69, 9.17) is 9.72 Å². The molecular formula is C17H19N5O. The summed E-state index contributed by atoms with van der Waals surface area (Å²) in [4.78, 5) is 14.0. The molecule has 6 heteroatoms. The van der Waals surface area contributed by atoms with Crippen LogP contribution in [0.4, 0.5) is 0 Å². The van der Waals surface area contributed by atoms with Crippen molar-refractivity contribution >= 4 is 11.0 Å². The first-order valence-corrected chi connectivity index (χ1v) is 7.78. The largest absolute Gasteiger partial charge is 0.378 e. The fourth-order valence-corrected chi connectivity index (χ4v) is 3.22. The molecule has 3 heterocycles. The molecule has 2 atom stereocenters. The van der Waals surface area contributed by atoms with Gasteiger partial charge in [-0.05, 0) is 19.1 Å². The molecule has 3 aromatic rings. The van der Waals surface area contributed by atoms with Gasteiger partial charge in [-0.15, -0.1) is 0 Å². The molecule has 118 valence electrons. The van der Waals surface area contributed by atoms with Gasteiger partial charge in [0, 0.05) is 32.6 Å². The highest BCUT2D eigenvalue weighted by atomic mass is 16.5. The van der Waals surface area contributed by atoms with Gasteiger partial charge in [-0.3, -0.25) is 0 Å². The Morgan fingerprint density at radius 2 is 1.96 bits per heavy atom. The lowest BCUT2D eigenvalue weighted by Gasteiger charge is -2.21. The van der Waals surface area contributed by atoms with Gasteiger partial charge >= 0.3 is 0 Å². The predicted molar refractivity (Wildman–Crippen MR) is 88.2 cm³/mol. The second-order valence-corrected chi connectivity index (χ2v) is 5.80. The third-order valence-corrected chi connectivity index (χ3v) is 4.41. The normalized spacial score (nSPS) is 21.1. The van der Waals surface area contributed by atoms with Gasteiger partial charge in [0.2, 0.25) is 0 Å². The van der Waals surface area contributed by atoms with Crippen molar-refractivity contribution in [2.24, 2.45) is 0 Å². The first kappa shape index (κ1) is 14.3. The quantitative estimate of drug-likeness (QED) is 0.801. The molecule has 0 unspecified atom stereocenters. The second-order valence-electron chi connectivity index (χ2n) is 5.80. The lowest BCUT2D eigenvalue weighted by molar-refractivity contribution is 0.0870. The zero-order chi connectivity index (χ0) is 15.8. The zero-order valence-corrected chi connectivity index (χ0v) is 13.2. The molecule has 23 heavy (non-hydrogen) atoms. The van der Waals surface area contributed by atoms with Crippen LogP contribution in [0, 0.1) is 6.92 Å². The maximum atomic E-state index is 5.59. The van der Waals surface area contributed by atoms with Crippen molar-refractivity contribution in [2.75, 3.05) is 20.2 Å². The Balaban J connectivity index is 1.83. The lowest BCUT2D eigenvalue weighted by atomic mass is 10.2. The molecule has 1 aliphatic heterocycles. The molecule has 0 saturated carbocycles. The minimum Gasteiger partial charge on any atom is -0.378 e. The Morgan fingerprint density at radius 1 is 1.17 bits per heavy atom. The van der Waals surface area contributed by atoms with E-state index >= 15 is 0 Å². The summed E-state index contributed by atoms with van der Waals surface area (Å²) in [6, 6.07) is 8.13. The van der Waals surface area contributed by atoms with Crippen LogP contribution in [-0.2, 0) is 4.74 Å². The van der Waals surface area contributed by atoms with Crippen molar-refractivity contribution < 1.29 is 4.74 Å². The number of nitrogens with one attached hydrogen (secondary N) is 1. The van der Waals surface area contributed by atoms with Gasteiger partial charge < -0.3 is 14.6 Å². The molecule has 1 aliphatic rings. The maximum Gasteiger partial charge on any atom is 0.160 e. The summed E-state index contributed by atoms with van der Waals surface area (Å²) in [5.74, 6) is 0.844. The summed E-state index contributed by atoms with van der Waals surface area (Å²) < 4.78 is 7.74. The Labute approximate surface area is 134 Å². The summed E-state index contributed by atoms with van der Waals surface area (Å²) in [6.45, 7) is 3.69. The number of nitrogens with zero attached hydrogens (tertiary/aromatic N) is 4.